The Kier molecular flexibility index (Phi) is 1.94. The van der Waals surface area contributed by atoms with Gasteiger partial charge in [0.15, 0.2) is 5.69 Å². The number of benzene rings is 1. The molecule has 0 aromatic heterocycles. The van der Waals surface area contributed by atoms with E-state index in [0.717, 1.165) is 5.56 Å². The van der Waals surface area contributed by atoms with Gasteiger partial charge >= 0.3 is 0 Å². The van der Waals surface area contributed by atoms with E-state index in [0.29, 0.717) is 10.7 Å². The molecule has 10 heavy (non-hydrogen) atoms. The minimum absolute atomic E-state index is 0.671. The Morgan fingerprint density at radius 1 is 1.50 bits per heavy atom. The highest BCUT2D eigenvalue weighted by atomic mass is 35.5. The molecule has 1 nitrogen and oxygen atoms in total. The van der Waals surface area contributed by atoms with Crippen LogP contribution in [0.25, 0.3) is 4.85 Å². The summed E-state index contributed by atoms with van der Waals surface area (Å²) in [6.45, 7) is 8.61. The van der Waals surface area contributed by atoms with E-state index in [4.69, 9.17) is 18.2 Å². The molecule has 1 aromatic rings. The Balaban J connectivity index is 3.23. The maximum atomic E-state index is 6.74. The molecule has 50 valence electrons. The first-order valence-corrected chi connectivity index (χ1v) is 3.25. The Morgan fingerprint density at radius 3 is 2.70 bits per heavy atom. The molecular formula is C8H6ClN. The van der Waals surface area contributed by atoms with Gasteiger partial charge in [0.2, 0.25) is 0 Å². The van der Waals surface area contributed by atoms with E-state index in [1.807, 2.05) is 6.92 Å². The van der Waals surface area contributed by atoms with Gasteiger partial charge in [-0.1, -0.05) is 29.8 Å². The van der Waals surface area contributed by atoms with E-state index in [1.165, 1.54) is 0 Å². The van der Waals surface area contributed by atoms with Gasteiger partial charge in [0.1, 0.15) is 0 Å². The van der Waals surface area contributed by atoms with Crippen LogP contribution in [0.4, 0.5) is 5.69 Å². The average molecular weight is 152 g/mol. The van der Waals surface area contributed by atoms with E-state index in [1.54, 1.807) is 18.2 Å². The highest BCUT2D eigenvalue weighted by Gasteiger charge is 1.95. The van der Waals surface area contributed by atoms with Gasteiger partial charge in [-0.25, -0.2) is 4.85 Å². The van der Waals surface area contributed by atoms with Crippen molar-refractivity contribution < 1.29 is 0 Å². The standard InChI is InChI=1S/C8H6ClN/c1-6-5-7(9)3-4-8(6)10-2/h3-5H,1H3. The molecule has 1 rings (SSSR count). The molecule has 0 fully saturated rings. The van der Waals surface area contributed by atoms with Crippen LogP contribution in [0.2, 0.25) is 5.02 Å². The third-order valence-corrected chi connectivity index (χ3v) is 1.51. The lowest BCUT2D eigenvalue weighted by molar-refractivity contribution is 1.49. The second-order valence-corrected chi connectivity index (χ2v) is 2.48. The van der Waals surface area contributed by atoms with Crippen molar-refractivity contribution in [1.82, 2.24) is 0 Å². The number of hydrogen-bond donors (Lipinski definition) is 0. The second-order valence-electron chi connectivity index (χ2n) is 2.04. The Labute approximate surface area is 65.1 Å². The highest BCUT2D eigenvalue weighted by Crippen LogP contribution is 2.21. The van der Waals surface area contributed by atoms with Crippen molar-refractivity contribution in [1.29, 1.82) is 0 Å². The van der Waals surface area contributed by atoms with E-state index in [-0.39, 0.29) is 0 Å². The maximum absolute atomic E-state index is 6.74. The summed E-state index contributed by atoms with van der Waals surface area (Å²) in [6.07, 6.45) is 0. The van der Waals surface area contributed by atoms with Gasteiger partial charge in [0.05, 0.1) is 6.57 Å². The van der Waals surface area contributed by atoms with Crippen LogP contribution in [0, 0.1) is 13.5 Å². The Morgan fingerprint density at radius 2 is 2.20 bits per heavy atom. The molecule has 0 spiro atoms. The maximum Gasteiger partial charge on any atom is 0.190 e. The summed E-state index contributed by atoms with van der Waals surface area (Å²) in [7, 11) is 0. The van der Waals surface area contributed by atoms with Gasteiger partial charge in [-0.3, -0.25) is 0 Å². The minimum atomic E-state index is 0.671. The van der Waals surface area contributed by atoms with Gasteiger partial charge in [0.25, 0.3) is 0 Å². The lowest BCUT2D eigenvalue weighted by atomic mass is 10.2. The number of hydrogen-bond acceptors (Lipinski definition) is 0. The van der Waals surface area contributed by atoms with E-state index in [9.17, 15) is 0 Å². The van der Waals surface area contributed by atoms with Crippen LogP contribution in [-0.4, -0.2) is 0 Å². The van der Waals surface area contributed by atoms with E-state index < -0.39 is 0 Å². The average Bonchev–Trinajstić information content (AvgIpc) is 1.88. The first-order valence-electron chi connectivity index (χ1n) is 2.87. The fourth-order valence-electron chi connectivity index (χ4n) is 0.744. The van der Waals surface area contributed by atoms with Crippen molar-refractivity contribution in [2.45, 2.75) is 6.92 Å². The minimum Gasteiger partial charge on any atom is -0.238 e. The molecule has 0 aliphatic heterocycles. The van der Waals surface area contributed by atoms with Crippen molar-refractivity contribution >= 4 is 17.3 Å². The van der Waals surface area contributed by atoms with Crippen molar-refractivity contribution in [3.63, 3.8) is 0 Å². The summed E-state index contributed by atoms with van der Waals surface area (Å²) in [6, 6.07) is 5.24. The van der Waals surface area contributed by atoms with Crippen molar-refractivity contribution in [2.75, 3.05) is 0 Å². The highest BCUT2D eigenvalue weighted by molar-refractivity contribution is 6.30. The largest absolute Gasteiger partial charge is 0.238 e. The molecular weight excluding hydrogens is 146 g/mol. The number of nitrogens with zero attached hydrogens (tertiary/aromatic N) is 1. The molecule has 0 aliphatic rings. The third-order valence-electron chi connectivity index (χ3n) is 1.28. The fourth-order valence-corrected chi connectivity index (χ4v) is 0.971. The zero-order valence-corrected chi connectivity index (χ0v) is 6.31. The van der Waals surface area contributed by atoms with Crippen molar-refractivity contribution in [3.8, 4) is 0 Å². The first-order chi connectivity index (χ1) is 4.74. The molecule has 0 radical (unpaired) electrons. The van der Waals surface area contributed by atoms with Gasteiger partial charge in [-0.15, -0.1) is 0 Å². The van der Waals surface area contributed by atoms with Crippen LogP contribution in [0.3, 0.4) is 0 Å². The molecule has 0 heterocycles. The molecule has 0 saturated carbocycles. The van der Waals surface area contributed by atoms with E-state index >= 15 is 0 Å². The molecule has 0 unspecified atom stereocenters. The monoisotopic (exact) mass is 151 g/mol. The summed E-state index contributed by atoms with van der Waals surface area (Å²) in [5, 5.41) is 0.685. The lowest BCUT2D eigenvalue weighted by Gasteiger charge is -1.94. The van der Waals surface area contributed by atoms with Crippen molar-refractivity contribution in [2.24, 2.45) is 0 Å². The SMILES string of the molecule is [C-]#[N+]c1ccc(Cl)cc1C. The molecule has 0 amide bonds. The molecule has 0 saturated heterocycles. The molecule has 0 atom stereocenters. The molecule has 0 aliphatic carbocycles. The van der Waals surface area contributed by atoms with Crippen LogP contribution < -0.4 is 0 Å². The van der Waals surface area contributed by atoms with Gasteiger partial charge in [-0.05, 0) is 12.5 Å². The molecule has 2 heteroatoms. The molecule has 1 aromatic carbocycles. The van der Waals surface area contributed by atoms with Gasteiger partial charge in [-0.2, -0.15) is 0 Å². The van der Waals surface area contributed by atoms with E-state index in [2.05, 4.69) is 4.85 Å². The normalized spacial score (nSPS) is 8.90. The number of aryl methyl sites for hydroxylation is 1. The Bertz CT molecular complexity index is 286. The number of rotatable bonds is 0. The lowest BCUT2D eigenvalue weighted by Crippen LogP contribution is -1.70. The Hall–Kier alpha value is -1.00. The van der Waals surface area contributed by atoms with Crippen LogP contribution in [-0.2, 0) is 0 Å². The zero-order chi connectivity index (χ0) is 7.56. The summed E-state index contributed by atoms with van der Waals surface area (Å²) in [5.41, 5.74) is 1.60. The predicted octanol–water partition coefficient (Wildman–Crippen LogP) is 3.20. The molecule has 0 bridgehead atoms. The van der Waals surface area contributed by atoms with Crippen LogP contribution in [0.1, 0.15) is 5.56 Å². The van der Waals surface area contributed by atoms with Gasteiger partial charge in [0, 0.05) is 5.02 Å². The summed E-state index contributed by atoms with van der Waals surface area (Å²) in [4.78, 5) is 3.30. The van der Waals surface area contributed by atoms with Crippen molar-refractivity contribution in [3.05, 3.63) is 40.2 Å². The van der Waals surface area contributed by atoms with Crippen LogP contribution in [0.5, 0.6) is 0 Å². The quantitative estimate of drug-likeness (QED) is 0.502. The summed E-state index contributed by atoms with van der Waals surface area (Å²) < 4.78 is 0. The van der Waals surface area contributed by atoms with Crippen LogP contribution >= 0.6 is 11.6 Å². The second kappa shape index (κ2) is 2.72. The van der Waals surface area contributed by atoms with Gasteiger partial charge < -0.3 is 0 Å². The first kappa shape index (κ1) is 7.11. The smallest absolute Gasteiger partial charge is 0.190 e. The summed E-state index contributed by atoms with van der Waals surface area (Å²) in [5.74, 6) is 0. The summed E-state index contributed by atoms with van der Waals surface area (Å²) >= 11 is 5.67. The number of halogens is 1. The zero-order valence-electron chi connectivity index (χ0n) is 5.56. The third kappa shape index (κ3) is 1.29. The van der Waals surface area contributed by atoms with Crippen LogP contribution in [0.15, 0.2) is 18.2 Å². The predicted molar refractivity (Wildman–Crippen MR) is 42.5 cm³/mol. The molecule has 0 N–H and O–H groups in total. The fraction of sp³-hybridized carbons (Fsp3) is 0.125. The topological polar surface area (TPSA) is 4.36 Å².